The third-order valence-corrected chi connectivity index (χ3v) is 4.28. The number of hydrogen-bond donors (Lipinski definition) is 0. The van der Waals surface area contributed by atoms with Crippen LogP contribution in [0.3, 0.4) is 0 Å². The molecule has 0 N–H and O–H groups in total. The van der Waals surface area contributed by atoms with E-state index in [0.717, 1.165) is 33.7 Å². The van der Waals surface area contributed by atoms with Crippen LogP contribution in [0.2, 0.25) is 0 Å². The van der Waals surface area contributed by atoms with Crippen molar-refractivity contribution < 1.29 is 0 Å². The number of aromatic nitrogens is 2. The van der Waals surface area contributed by atoms with E-state index in [0.29, 0.717) is 5.56 Å². The van der Waals surface area contributed by atoms with Crippen molar-refractivity contribution in [3.05, 3.63) is 76.2 Å². The molecule has 0 radical (unpaired) electrons. The van der Waals surface area contributed by atoms with Crippen LogP contribution in [-0.4, -0.2) is 9.55 Å². The first kappa shape index (κ1) is 16.2. The van der Waals surface area contributed by atoms with Crippen molar-refractivity contribution in [2.24, 2.45) is 0 Å². The van der Waals surface area contributed by atoms with Gasteiger partial charge in [0.15, 0.2) is 0 Å². The van der Waals surface area contributed by atoms with Gasteiger partial charge in [0.2, 0.25) is 0 Å². The Morgan fingerprint density at radius 1 is 1.08 bits per heavy atom. The van der Waals surface area contributed by atoms with E-state index in [1.807, 2.05) is 48.7 Å². The zero-order chi connectivity index (χ0) is 16.9. The molecule has 3 aromatic rings. The van der Waals surface area contributed by atoms with Crippen LogP contribution in [0.5, 0.6) is 0 Å². The highest BCUT2D eigenvalue weighted by Crippen LogP contribution is 2.21. The first-order valence-electron chi connectivity index (χ1n) is 7.71. The number of imidazole rings is 1. The summed E-state index contributed by atoms with van der Waals surface area (Å²) in [6.07, 6.45) is 6.13. The summed E-state index contributed by atoms with van der Waals surface area (Å²) in [5, 5.41) is 8.90. The molecule has 0 saturated carbocycles. The lowest BCUT2D eigenvalue weighted by atomic mass is 10.1. The molecule has 0 aliphatic carbocycles. The van der Waals surface area contributed by atoms with Gasteiger partial charge in [0, 0.05) is 22.8 Å². The fourth-order valence-corrected chi connectivity index (χ4v) is 2.68. The smallest absolute Gasteiger partial charge is 0.133 e. The van der Waals surface area contributed by atoms with Gasteiger partial charge in [-0.05, 0) is 42.8 Å². The maximum atomic E-state index is 8.90. The standard InChI is InChI=1S/C20H16BrN3/c1-2-24-14-19(17-8-3-16(13-22)4-9-17)23-20(24)12-7-15-5-10-18(21)11-6-15/h3-12,14H,2H2,1H3. The third kappa shape index (κ3) is 3.64. The second-order valence-corrected chi connectivity index (χ2v) is 6.26. The minimum absolute atomic E-state index is 0.657. The highest BCUT2D eigenvalue weighted by atomic mass is 79.9. The molecule has 4 heteroatoms. The number of rotatable bonds is 4. The molecule has 0 unspecified atom stereocenters. The van der Waals surface area contributed by atoms with E-state index < -0.39 is 0 Å². The first-order chi connectivity index (χ1) is 11.7. The zero-order valence-electron chi connectivity index (χ0n) is 13.3. The third-order valence-electron chi connectivity index (χ3n) is 3.75. The summed E-state index contributed by atoms with van der Waals surface area (Å²) in [7, 11) is 0. The number of hydrogen-bond acceptors (Lipinski definition) is 2. The van der Waals surface area contributed by atoms with Crippen LogP contribution in [0.4, 0.5) is 0 Å². The van der Waals surface area contributed by atoms with Crippen molar-refractivity contribution >= 4 is 28.1 Å². The summed E-state index contributed by atoms with van der Waals surface area (Å²) >= 11 is 3.44. The second-order valence-electron chi connectivity index (χ2n) is 5.34. The molecule has 1 heterocycles. The Bertz CT molecular complexity index is 898. The Morgan fingerprint density at radius 3 is 2.42 bits per heavy atom. The molecule has 0 fully saturated rings. The van der Waals surface area contributed by atoms with Crippen molar-refractivity contribution in [3.8, 4) is 17.3 Å². The molecule has 3 nitrogen and oxygen atoms in total. The second kappa shape index (κ2) is 7.29. The van der Waals surface area contributed by atoms with E-state index in [9.17, 15) is 0 Å². The van der Waals surface area contributed by atoms with E-state index in [4.69, 9.17) is 10.2 Å². The van der Waals surface area contributed by atoms with Crippen LogP contribution in [0.1, 0.15) is 23.9 Å². The van der Waals surface area contributed by atoms with Gasteiger partial charge in [0.1, 0.15) is 5.82 Å². The normalized spacial score (nSPS) is 10.9. The number of aryl methyl sites for hydroxylation is 1. The molecule has 0 saturated heterocycles. The van der Waals surface area contributed by atoms with Crippen LogP contribution >= 0.6 is 15.9 Å². The topological polar surface area (TPSA) is 41.6 Å². The minimum atomic E-state index is 0.657. The van der Waals surface area contributed by atoms with Gasteiger partial charge in [0.25, 0.3) is 0 Å². The quantitative estimate of drug-likeness (QED) is 0.612. The molecule has 0 bridgehead atoms. The molecular weight excluding hydrogens is 362 g/mol. The van der Waals surface area contributed by atoms with E-state index in [1.165, 1.54) is 0 Å². The molecular formula is C20H16BrN3. The number of nitriles is 1. The monoisotopic (exact) mass is 377 g/mol. The minimum Gasteiger partial charge on any atom is -0.331 e. The van der Waals surface area contributed by atoms with Gasteiger partial charge in [-0.25, -0.2) is 4.98 Å². The largest absolute Gasteiger partial charge is 0.331 e. The zero-order valence-corrected chi connectivity index (χ0v) is 14.9. The van der Waals surface area contributed by atoms with Crippen LogP contribution < -0.4 is 0 Å². The molecule has 24 heavy (non-hydrogen) atoms. The molecule has 3 rings (SSSR count). The van der Waals surface area contributed by atoms with Gasteiger partial charge in [-0.15, -0.1) is 0 Å². The Labute approximate surface area is 150 Å². The van der Waals surface area contributed by atoms with E-state index >= 15 is 0 Å². The molecule has 0 spiro atoms. The molecule has 2 aromatic carbocycles. The van der Waals surface area contributed by atoms with E-state index in [-0.39, 0.29) is 0 Å². The van der Waals surface area contributed by atoms with Gasteiger partial charge < -0.3 is 4.57 Å². The van der Waals surface area contributed by atoms with Crippen molar-refractivity contribution in [1.82, 2.24) is 9.55 Å². The van der Waals surface area contributed by atoms with Crippen molar-refractivity contribution in [2.45, 2.75) is 13.5 Å². The highest BCUT2D eigenvalue weighted by molar-refractivity contribution is 9.10. The number of halogens is 1. The average molecular weight is 378 g/mol. The SMILES string of the molecule is CCn1cc(-c2ccc(C#N)cc2)nc1C=Cc1ccc(Br)cc1. The van der Waals surface area contributed by atoms with Crippen LogP contribution in [-0.2, 0) is 6.54 Å². The van der Waals surface area contributed by atoms with Gasteiger partial charge in [-0.2, -0.15) is 5.26 Å². The predicted octanol–water partition coefficient (Wildman–Crippen LogP) is 5.37. The van der Waals surface area contributed by atoms with Gasteiger partial charge in [-0.1, -0.05) is 46.3 Å². The Balaban J connectivity index is 1.89. The molecule has 0 aliphatic rings. The Hall–Kier alpha value is -2.64. The van der Waals surface area contributed by atoms with Crippen molar-refractivity contribution in [2.75, 3.05) is 0 Å². The van der Waals surface area contributed by atoms with Crippen LogP contribution in [0, 0.1) is 11.3 Å². The summed E-state index contributed by atoms with van der Waals surface area (Å²) in [6.45, 7) is 2.95. The summed E-state index contributed by atoms with van der Waals surface area (Å²) in [4.78, 5) is 4.72. The highest BCUT2D eigenvalue weighted by Gasteiger charge is 2.06. The summed E-state index contributed by atoms with van der Waals surface area (Å²) < 4.78 is 3.18. The van der Waals surface area contributed by atoms with Gasteiger partial charge >= 0.3 is 0 Å². The summed E-state index contributed by atoms with van der Waals surface area (Å²) in [6, 6.07) is 17.8. The number of benzene rings is 2. The lowest BCUT2D eigenvalue weighted by molar-refractivity contribution is 0.753. The maximum absolute atomic E-state index is 8.90. The van der Waals surface area contributed by atoms with E-state index in [2.05, 4.69) is 51.7 Å². The van der Waals surface area contributed by atoms with Crippen LogP contribution in [0.15, 0.2) is 59.2 Å². The van der Waals surface area contributed by atoms with Gasteiger partial charge in [0.05, 0.1) is 17.3 Å². The Kier molecular flexibility index (Phi) is 4.93. The lowest BCUT2D eigenvalue weighted by Gasteiger charge is -1.99. The maximum Gasteiger partial charge on any atom is 0.133 e. The fourth-order valence-electron chi connectivity index (χ4n) is 2.42. The molecule has 0 amide bonds. The van der Waals surface area contributed by atoms with Crippen LogP contribution in [0.25, 0.3) is 23.4 Å². The Morgan fingerprint density at radius 2 is 1.79 bits per heavy atom. The lowest BCUT2D eigenvalue weighted by Crippen LogP contribution is -1.94. The number of nitrogens with zero attached hydrogens (tertiary/aromatic N) is 3. The molecule has 0 aliphatic heterocycles. The average Bonchev–Trinajstić information content (AvgIpc) is 3.04. The van der Waals surface area contributed by atoms with Gasteiger partial charge in [-0.3, -0.25) is 0 Å². The fraction of sp³-hybridized carbons (Fsp3) is 0.100. The first-order valence-corrected chi connectivity index (χ1v) is 8.50. The molecule has 1 aromatic heterocycles. The van der Waals surface area contributed by atoms with Crippen molar-refractivity contribution in [1.29, 1.82) is 5.26 Å². The summed E-state index contributed by atoms with van der Waals surface area (Å²) in [5.41, 5.74) is 3.71. The molecule has 0 atom stereocenters. The predicted molar refractivity (Wildman–Crippen MR) is 101 cm³/mol. The molecule has 118 valence electrons. The van der Waals surface area contributed by atoms with Crippen molar-refractivity contribution in [3.63, 3.8) is 0 Å². The van der Waals surface area contributed by atoms with E-state index in [1.54, 1.807) is 0 Å². The summed E-state index contributed by atoms with van der Waals surface area (Å²) in [5.74, 6) is 0.916.